The minimum absolute atomic E-state index is 0.0310. The first-order chi connectivity index (χ1) is 12.2. The van der Waals surface area contributed by atoms with Crippen LogP contribution in [0, 0.1) is 0 Å². The zero-order chi connectivity index (χ0) is 17.4. The lowest BCUT2D eigenvalue weighted by atomic mass is 10.0. The molecule has 1 atom stereocenters. The SMILES string of the molecule is CCc1cc2cc3c(cc2nc1OC)C(=O)N1CCNC[C@H]1CCO3. The highest BCUT2D eigenvalue weighted by Gasteiger charge is 2.31. The van der Waals surface area contributed by atoms with Crippen molar-refractivity contribution in [1.29, 1.82) is 0 Å². The van der Waals surface area contributed by atoms with E-state index in [1.165, 1.54) is 0 Å². The van der Waals surface area contributed by atoms with Crippen molar-refractivity contribution in [3.63, 3.8) is 0 Å². The number of carbonyl (C=O) groups excluding carboxylic acids is 1. The number of rotatable bonds is 2. The third-order valence-corrected chi connectivity index (χ3v) is 5.08. The molecule has 2 aliphatic heterocycles. The third kappa shape index (κ3) is 2.80. The summed E-state index contributed by atoms with van der Waals surface area (Å²) < 4.78 is 11.4. The molecule has 1 aromatic carbocycles. The van der Waals surface area contributed by atoms with Crippen molar-refractivity contribution < 1.29 is 14.3 Å². The first-order valence-corrected chi connectivity index (χ1v) is 8.87. The van der Waals surface area contributed by atoms with Gasteiger partial charge in [-0.2, -0.15) is 0 Å². The second-order valence-corrected chi connectivity index (χ2v) is 6.55. The molecular weight excluding hydrogens is 318 g/mol. The van der Waals surface area contributed by atoms with Crippen molar-refractivity contribution in [2.75, 3.05) is 33.4 Å². The number of ether oxygens (including phenoxy) is 2. The maximum absolute atomic E-state index is 13.1. The van der Waals surface area contributed by atoms with Gasteiger partial charge < -0.3 is 19.7 Å². The Bertz CT molecular complexity index is 821. The van der Waals surface area contributed by atoms with Crippen molar-refractivity contribution in [2.45, 2.75) is 25.8 Å². The van der Waals surface area contributed by atoms with Crippen LogP contribution < -0.4 is 14.8 Å². The van der Waals surface area contributed by atoms with Gasteiger partial charge in [-0.05, 0) is 24.6 Å². The number of methoxy groups -OCH3 is 1. The molecule has 2 aromatic rings. The molecule has 0 saturated carbocycles. The van der Waals surface area contributed by atoms with Crippen molar-refractivity contribution in [3.8, 4) is 11.6 Å². The summed E-state index contributed by atoms with van der Waals surface area (Å²) in [7, 11) is 1.63. The summed E-state index contributed by atoms with van der Waals surface area (Å²) in [5, 5.41) is 4.33. The number of hydrogen-bond acceptors (Lipinski definition) is 5. The number of piperazine rings is 1. The second-order valence-electron chi connectivity index (χ2n) is 6.55. The van der Waals surface area contributed by atoms with Gasteiger partial charge >= 0.3 is 0 Å². The van der Waals surface area contributed by atoms with Crippen molar-refractivity contribution in [2.24, 2.45) is 0 Å². The Morgan fingerprint density at radius 3 is 3.08 bits per heavy atom. The van der Waals surface area contributed by atoms with Gasteiger partial charge in [0.2, 0.25) is 5.88 Å². The first kappa shape index (κ1) is 16.1. The fourth-order valence-electron chi connectivity index (χ4n) is 3.69. The molecule has 1 saturated heterocycles. The van der Waals surface area contributed by atoms with E-state index in [2.05, 4.69) is 23.3 Å². The molecule has 0 radical (unpaired) electrons. The highest BCUT2D eigenvalue weighted by molar-refractivity contribution is 6.01. The van der Waals surface area contributed by atoms with E-state index in [1.807, 2.05) is 17.0 Å². The Hall–Kier alpha value is -2.34. The van der Waals surface area contributed by atoms with Crippen molar-refractivity contribution >= 4 is 16.8 Å². The molecule has 0 unspecified atom stereocenters. The minimum atomic E-state index is 0.0310. The lowest BCUT2D eigenvalue weighted by Gasteiger charge is -2.38. The van der Waals surface area contributed by atoms with Crippen molar-refractivity contribution in [1.82, 2.24) is 15.2 Å². The summed E-state index contributed by atoms with van der Waals surface area (Å²) >= 11 is 0. The van der Waals surface area contributed by atoms with Crippen LogP contribution in [0.2, 0.25) is 0 Å². The van der Waals surface area contributed by atoms with Crippen LogP contribution >= 0.6 is 0 Å². The van der Waals surface area contributed by atoms with Crippen LogP contribution in [0.1, 0.15) is 29.3 Å². The van der Waals surface area contributed by atoms with E-state index in [-0.39, 0.29) is 11.9 Å². The Morgan fingerprint density at radius 2 is 2.28 bits per heavy atom. The number of hydrogen-bond donors (Lipinski definition) is 1. The Balaban J connectivity index is 1.83. The summed E-state index contributed by atoms with van der Waals surface area (Å²) in [5.41, 5.74) is 2.41. The maximum Gasteiger partial charge on any atom is 0.258 e. The number of aryl methyl sites for hydroxylation is 1. The highest BCUT2D eigenvalue weighted by Crippen LogP contribution is 2.32. The molecule has 1 aromatic heterocycles. The number of carbonyl (C=O) groups is 1. The Morgan fingerprint density at radius 1 is 1.40 bits per heavy atom. The fourth-order valence-corrected chi connectivity index (χ4v) is 3.69. The summed E-state index contributed by atoms with van der Waals surface area (Å²) in [5.74, 6) is 1.31. The molecule has 25 heavy (non-hydrogen) atoms. The van der Waals surface area contributed by atoms with Crippen LogP contribution in [0.25, 0.3) is 10.9 Å². The Kier molecular flexibility index (Phi) is 4.21. The molecule has 132 valence electrons. The average molecular weight is 341 g/mol. The number of nitrogens with zero attached hydrogens (tertiary/aromatic N) is 2. The van der Waals surface area contributed by atoms with Crippen LogP contribution in [-0.2, 0) is 6.42 Å². The molecule has 6 nitrogen and oxygen atoms in total. The van der Waals surface area contributed by atoms with E-state index in [0.717, 1.165) is 48.9 Å². The van der Waals surface area contributed by atoms with Gasteiger partial charge in [-0.15, -0.1) is 0 Å². The summed E-state index contributed by atoms with van der Waals surface area (Å²) in [4.78, 5) is 19.7. The summed E-state index contributed by atoms with van der Waals surface area (Å²) in [6.45, 7) is 5.07. The average Bonchev–Trinajstić information content (AvgIpc) is 2.65. The van der Waals surface area contributed by atoms with Crippen LogP contribution in [-0.4, -0.2) is 55.2 Å². The topological polar surface area (TPSA) is 63.7 Å². The summed E-state index contributed by atoms with van der Waals surface area (Å²) in [6.07, 6.45) is 1.68. The largest absolute Gasteiger partial charge is 0.493 e. The second kappa shape index (κ2) is 6.52. The zero-order valence-corrected chi connectivity index (χ0v) is 14.7. The van der Waals surface area contributed by atoms with Crippen molar-refractivity contribution in [3.05, 3.63) is 29.3 Å². The molecule has 1 N–H and O–H groups in total. The molecule has 0 aliphatic carbocycles. The van der Waals surface area contributed by atoms with Gasteiger partial charge in [0.25, 0.3) is 5.91 Å². The van der Waals surface area contributed by atoms with E-state index in [9.17, 15) is 4.79 Å². The molecule has 1 fully saturated rings. The maximum atomic E-state index is 13.1. The predicted molar refractivity (Wildman–Crippen MR) is 95.5 cm³/mol. The molecule has 0 bridgehead atoms. The van der Waals surface area contributed by atoms with E-state index in [4.69, 9.17) is 9.47 Å². The lowest BCUT2D eigenvalue weighted by Crippen LogP contribution is -2.54. The third-order valence-electron chi connectivity index (χ3n) is 5.08. The zero-order valence-electron chi connectivity index (χ0n) is 14.7. The van der Waals surface area contributed by atoms with Crippen LogP contribution in [0.4, 0.5) is 0 Å². The van der Waals surface area contributed by atoms with Gasteiger partial charge in [0, 0.05) is 43.0 Å². The van der Waals surface area contributed by atoms with Crippen LogP contribution in [0.3, 0.4) is 0 Å². The Labute approximate surface area is 147 Å². The smallest absolute Gasteiger partial charge is 0.258 e. The molecule has 2 aliphatic rings. The molecular formula is C19H23N3O3. The number of fused-ring (bicyclic) bond motifs is 3. The molecule has 0 spiro atoms. The van der Waals surface area contributed by atoms with E-state index < -0.39 is 0 Å². The number of aromatic nitrogens is 1. The minimum Gasteiger partial charge on any atom is -0.493 e. The monoisotopic (exact) mass is 341 g/mol. The number of benzene rings is 1. The van der Waals surface area contributed by atoms with Gasteiger partial charge in [-0.1, -0.05) is 6.92 Å². The quantitative estimate of drug-likeness (QED) is 0.905. The van der Waals surface area contributed by atoms with Gasteiger partial charge in [-0.3, -0.25) is 4.79 Å². The van der Waals surface area contributed by atoms with E-state index in [1.54, 1.807) is 7.11 Å². The predicted octanol–water partition coefficient (Wildman–Crippen LogP) is 2.00. The number of amides is 1. The first-order valence-electron chi connectivity index (χ1n) is 8.87. The fraction of sp³-hybridized carbons (Fsp3) is 0.474. The molecule has 1 amide bonds. The number of pyridine rings is 1. The number of nitrogens with one attached hydrogen (secondary N) is 1. The van der Waals surface area contributed by atoms with Gasteiger partial charge in [0.15, 0.2) is 0 Å². The highest BCUT2D eigenvalue weighted by atomic mass is 16.5. The van der Waals surface area contributed by atoms with Crippen LogP contribution in [0.5, 0.6) is 11.6 Å². The van der Waals surface area contributed by atoms with Crippen LogP contribution in [0.15, 0.2) is 18.2 Å². The molecule has 4 rings (SSSR count). The normalized spacial score (nSPS) is 20.3. The summed E-state index contributed by atoms with van der Waals surface area (Å²) in [6, 6.07) is 6.05. The van der Waals surface area contributed by atoms with Gasteiger partial charge in [0.05, 0.1) is 24.8 Å². The van der Waals surface area contributed by atoms with E-state index >= 15 is 0 Å². The van der Waals surface area contributed by atoms with Gasteiger partial charge in [-0.25, -0.2) is 4.98 Å². The molecule has 6 heteroatoms. The molecule has 3 heterocycles. The lowest BCUT2D eigenvalue weighted by molar-refractivity contribution is 0.0576. The van der Waals surface area contributed by atoms with E-state index in [0.29, 0.717) is 23.8 Å². The standard InChI is InChI=1S/C19H23N3O3/c1-3-12-8-13-9-17-15(10-16(13)21-18(12)24-2)19(23)22-6-5-20-11-14(22)4-7-25-17/h8-10,14,20H,3-7,11H2,1-2H3/t14-/m1/s1. The van der Waals surface area contributed by atoms with Gasteiger partial charge in [0.1, 0.15) is 5.75 Å².